The maximum Gasteiger partial charge on any atom is 0.188 e. The molecule has 0 bridgehead atoms. The number of nitrogens with two attached hydrogens (primary N) is 1. The minimum absolute atomic E-state index is 0.233. The van der Waals surface area contributed by atoms with Crippen LogP contribution in [0.4, 0.5) is 10.1 Å². The van der Waals surface area contributed by atoms with E-state index in [2.05, 4.69) is 10.3 Å². The zero-order valence-corrected chi connectivity index (χ0v) is 12.2. The van der Waals surface area contributed by atoms with Crippen LogP contribution in [0.25, 0.3) is 0 Å². The average molecular weight is 278 g/mol. The average Bonchev–Trinajstić information content (AvgIpc) is 2.34. The zero-order chi connectivity index (χ0) is 14.5. The molecule has 1 fully saturated rings. The zero-order valence-electron chi connectivity index (χ0n) is 12.2. The molecular weight excluding hydrogens is 255 g/mol. The van der Waals surface area contributed by atoms with E-state index in [-0.39, 0.29) is 5.82 Å². The van der Waals surface area contributed by atoms with Crippen molar-refractivity contribution in [3.8, 4) is 0 Å². The molecule has 0 unspecified atom stereocenters. The predicted octanol–water partition coefficient (Wildman–Crippen LogP) is 2.10. The third-order valence-electron chi connectivity index (χ3n) is 3.72. The molecule has 3 N–H and O–H groups in total. The molecule has 1 aromatic rings. The maximum absolute atomic E-state index is 13.8. The molecule has 0 heterocycles. The van der Waals surface area contributed by atoms with Crippen LogP contribution in [-0.4, -0.2) is 26.6 Å². The van der Waals surface area contributed by atoms with Crippen molar-refractivity contribution in [3.63, 3.8) is 0 Å². The van der Waals surface area contributed by atoms with Crippen LogP contribution in [0, 0.1) is 11.7 Å². The molecule has 2 rings (SSSR count). The molecule has 0 aliphatic heterocycles. The predicted molar refractivity (Wildman–Crippen MR) is 81.4 cm³/mol. The van der Waals surface area contributed by atoms with E-state index in [1.807, 2.05) is 20.2 Å². The minimum Gasteiger partial charge on any atom is -0.375 e. The molecule has 0 radical (unpaired) electrons. The van der Waals surface area contributed by atoms with E-state index in [4.69, 9.17) is 5.73 Å². The third-order valence-corrected chi connectivity index (χ3v) is 3.72. The Morgan fingerprint density at radius 2 is 2.20 bits per heavy atom. The Bertz CT molecular complexity index is 481. The molecule has 0 amide bonds. The maximum atomic E-state index is 13.8. The Hall–Kier alpha value is -1.78. The molecule has 1 aromatic carbocycles. The summed E-state index contributed by atoms with van der Waals surface area (Å²) in [6.07, 6.45) is 3.87. The molecule has 1 aliphatic rings. The van der Waals surface area contributed by atoms with Crippen molar-refractivity contribution in [2.24, 2.45) is 16.6 Å². The van der Waals surface area contributed by atoms with Gasteiger partial charge < -0.3 is 16.0 Å². The first-order valence-corrected chi connectivity index (χ1v) is 7.06. The Kier molecular flexibility index (Phi) is 4.82. The topological polar surface area (TPSA) is 53.6 Å². The fraction of sp³-hybridized carbons (Fsp3) is 0.533. The van der Waals surface area contributed by atoms with Gasteiger partial charge in [0.2, 0.25) is 0 Å². The Balaban J connectivity index is 1.87. The second-order valence-electron chi connectivity index (χ2n) is 5.56. The summed E-state index contributed by atoms with van der Waals surface area (Å²) in [6.45, 7) is 1.29. The highest BCUT2D eigenvalue weighted by Crippen LogP contribution is 2.25. The number of aliphatic imine (C=N–C) groups is 1. The lowest BCUT2D eigenvalue weighted by atomic mass is 9.85. The number of benzene rings is 1. The van der Waals surface area contributed by atoms with Crippen molar-refractivity contribution in [1.29, 1.82) is 0 Å². The van der Waals surface area contributed by atoms with Gasteiger partial charge in [0.1, 0.15) is 5.82 Å². The van der Waals surface area contributed by atoms with Gasteiger partial charge in [0, 0.05) is 20.6 Å². The van der Waals surface area contributed by atoms with E-state index >= 15 is 0 Å². The fourth-order valence-electron chi connectivity index (χ4n) is 2.19. The van der Waals surface area contributed by atoms with Gasteiger partial charge in [-0.2, -0.15) is 0 Å². The van der Waals surface area contributed by atoms with Crippen molar-refractivity contribution in [3.05, 3.63) is 29.6 Å². The second-order valence-corrected chi connectivity index (χ2v) is 5.56. The molecule has 110 valence electrons. The Morgan fingerprint density at radius 1 is 1.45 bits per heavy atom. The first-order valence-electron chi connectivity index (χ1n) is 7.06. The summed E-state index contributed by atoms with van der Waals surface area (Å²) in [6, 6.07) is 5.15. The normalized spacial score (nSPS) is 15.8. The number of anilines is 1. The highest BCUT2D eigenvalue weighted by Gasteiger charge is 2.16. The number of halogens is 1. The largest absolute Gasteiger partial charge is 0.375 e. The third kappa shape index (κ3) is 3.85. The molecule has 1 saturated carbocycles. The number of nitrogens with one attached hydrogen (secondary N) is 1. The summed E-state index contributed by atoms with van der Waals surface area (Å²) < 4.78 is 13.8. The number of guanidine groups is 1. The Morgan fingerprint density at radius 3 is 2.75 bits per heavy atom. The lowest BCUT2D eigenvalue weighted by Crippen LogP contribution is -2.37. The summed E-state index contributed by atoms with van der Waals surface area (Å²) in [4.78, 5) is 5.99. The standard InChI is InChI=1S/C15H23FN4/c1-20(2)14-7-6-12(8-13(14)16)10-19-15(17)18-9-11-4-3-5-11/h6-8,11H,3-5,9-10H2,1-2H3,(H3,17,18,19). The molecule has 0 spiro atoms. The van der Waals surface area contributed by atoms with Crippen LogP contribution < -0.4 is 16.0 Å². The van der Waals surface area contributed by atoms with Gasteiger partial charge in [0.25, 0.3) is 0 Å². The molecule has 0 saturated heterocycles. The van der Waals surface area contributed by atoms with Crippen LogP contribution in [0.3, 0.4) is 0 Å². The van der Waals surface area contributed by atoms with Gasteiger partial charge in [-0.05, 0) is 36.5 Å². The van der Waals surface area contributed by atoms with Gasteiger partial charge >= 0.3 is 0 Å². The van der Waals surface area contributed by atoms with Crippen LogP contribution >= 0.6 is 0 Å². The van der Waals surface area contributed by atoms with Gasteiger partial charge in [-0.3, -0.25) is 0 Å². The second kappa shape index (κ2) is 6.59. The van der Waals surface area contributed by atoms with E-state index in [1.165, 1.54) is 25.3 Å². The van der Waals surface area contributed by atoms with E-state index in [0.717, 1.165) is 18.0 Å². The number of rotatable bonds is 5. The molecule has 0 aromatic heterocycles. The molecule has 20 heavy (non-hydrogen) atoms. The molecule has 0 atom stereocenters. The van der Waals surface area contributed by atoms with Gasteiger partial charge in [-0.25, -0.2) is 9.38 Å². The van der Waals surface area contributed by atoms with Gasteiger partial charge in [0.15, 0.2) is 5.96 Å². The first-order chi connectivity index (χ1) is 9.56. The molecule has 4 nitrogen and oxygen atoms in total. The lowest BCUT2D eigenvalue weighted by molar-refractivity contribution is 0.315. The SMILES string of the molecule is CN(C)c1ccc(CN=C(N)NCC2CCC2)cc1F. The van der Waals surface area contributed by atoms with Crippen LogP contribution in [0.5, 0.6) is 0 Å². The van der Waals surface area contributed by atoms with Crippen molar-refractivity contribution in [1.82, 2.24) is 5.32 Å². The first kappa shape index (κ1) is 14.6. The van der Waals surface area contributed by atoms with Gasteiger partial charge in [0.05, 0.1) is 12.2 Å². The van der Waals surface area contributed by atoms with Crippen molar-refractivity contribution in [2.75, 3.05) is 25.5 Å². The highest BCUT2D eigenvalue weighted by atomic mass is 19.1. The monoisotopic (exact) mass is 278 g/mol. The smallest absolute Gasteiger partial charge is 0.188 e. The van der Waals surface area contributed by atoms with E-state index in [9.17, 15) is 4.39 Å². The van der Waals surface area contributed by atoms with Crippen LogP contribution in [-0.2, 0) is 6.54 Å². The quantitative estimate of drug-likeness (QED) is 0.640. The number of hydrogen-bond acceptors (Lipinski definition) is 2. The van der Waals surface area contributed by atoms with Crippen molar-refractivity contribution < 1.29 is 4.39 Å². The molecule has 5 heteroatoms. The lowest BCUT2D eigenvalue weighted by Gasteiger charge is -2.25. The highest BCUT2D eigenvalue weighted by molar-refractivity contribution is 5.77. The van der Waals surface area contributed by atoms with Gasteiger partial charge in [-0.15, -0.1) is 0 Å². The van der Waals surface area contributed by atoms with E-state index < -0.39 is 0 Å². The van der Waals surface area contributed by atoms with Crippen molar-refractivity contribution in [2.45, 2.75) is 25.8 Å². The number of hydrogen-bond donors (Lipinski definition) is 2. The Labute approximate surface area is 119 Å². The summed E-state index contributed by atoms with van der Waals surface area (Å²) in [5, 5.41) is 3.12. The summed E-state index contributed by atoms with van der Waals surface area (Å²) in [5.41, 5.74) is 7.20. The summed E-state index contributed by atoms with van der Waals surface area (Å²) >= 11 is 0. The fourth-order valence-corrected chi connectivity index (χ4v) is 2.19. The van der Waals surface area contributed by atoms with E-state index in [0.29, 0.717) is 18.2 Å². The summed E-state index contributed by atoms with van der Waals surface area (Å²) in [5.74, 6) is 0.943. The molecular formula is C15H23FN4. The van der Waals surface area contributed by atoms with E-state index in [1.54, 1.807) is 11.0 Å². The van der Waals surface area contributed by atoms with Crippen LogP contribution in [0.1, 0.15) is 24.8 Å². The van der Waals surface area contributed by atoms with Gasteiger partial charge in [-0.1, -0.05) is 12.5 Å². The number of nitrogens with zero attached hydrogens (tertiary/aromatic N) is 2. The van der Waals surface area contributed by atoms with Crippen molar-refractivity contribution >= 4 is 11.6 Å². The van der Waals surface area contributed by atoms with Crippen LogP contribution in [0.15, 0.2) is 23.2 Å². The minimum atomic E-state index is -0.233. The summed E-state index contributed by atoms with van der Waals surface area (Å²) in [7, 11) is 3.64. The van der Waals surface area contributed by atoms with Crippen LogP contribution in [0.2, 0.25) is 0 Å². The molecule has 1 aliphatic carbocycles.